The number of oxazole rings is 1. The number of methoxy groups -OCH3 is 1. The molecule has 106 valence electrons. The highest BCUT2D eigenvalue weighted by Crippen LogP contribution is 2.23. The number of amides is 1. The summed E-state index contributed by atoms with van der Waals surface area (Å²) < 4.78 is 10.1. The van der Waals surface area contributed by atoms with Gasteiger partial charge in [-0.05, 0) is 24.3 Å². The monoisotopic (exact) mass is 284 g/mol. The lowest BCUT2D eigenvalue weighted by molar-refractivity contribution is 0.102. The van der Waals surface area contributed by atoms with E-state index in [2.05, 4.69) is 10.3 Å². The fraction of sp³-hybridized carbons (Fsp3) is 0.0667. The number of H-pyrrole nitrogens is 1. The number of hydrogen-bond acceptors (Lipinski definition) is 4. The first-order valence-corrected chi connectivity index (χ1v) is 6.25. The number of aromatic amines is 1. The van der Waals surface area contributed by atoms with Gasteiger partial charge in [0.1, 0.15) is 11.3 Å². The fourth-order valence-corrected chi connectivity index (χ4v) is 2.10. The van der Waals surface area contributed by atoms with E-state index in [1.807, 2.05) is 0 Å². The molecule has 0 saturated heterocycles. The minimum Gasteiger partial charge on any atom is -0.496 e. The van der Waals surface area contributed by atoms with Crippen LogP contribution in [-0.2, 0) is 0 Å². The topological polar surface area (TPSA) is 84.3 Å². The average molecular weight is 284 g/mol. The maximum Gasteiger partial charge on any atom is 0.417 e. The molecule has 1 heterocycles. The SMILES string of the molecule is COc1ccccc1C(=O)Nc1cccc2oc(=O)[nH]c12. The number of benzene rings is 2. The van der Waals surface area contributed by atoms with E-state index in [1.54, 1.807) is 42.5 Å². The minimum atomic E-state index is -0.566. The smallest absolute Gasteiger partial charge is 0.417 e. The summed E-state index contributed by atoms with van der Waals surface area (Å²) in [5.74, 6) is -0.422. The third kappa shape index (κ3) is 2.38. The number of carbonyl (C=O) groups excluding carboxylic acids is 1. The highest BCUT2D eigenvalue weighted by Gasteiger charge is 2.14. The van der Waals surface area contributed by atoms with E-state index in [9.17, 15) is 9.59 Å². The molecule has 0 saturated carbocycles. The van der Waals surface area contributed by atoms with Crippen LogP contribution in [-0.4, -0.2) is 18.0 Å². The fourth-order valence-electron chi connectivity index (χ4n) is 2.10. The van der Waals surface area contributed by atoms with Crippen LogP contribution in [0.2, 0.25) is 0 Å². The van der Waals surface area contributed by atoms with E-state index in [1.165, 1.54) is 7.11 Å². The van der Waals surface area contributed by atoms with E-state index >= 15 is 0 Å². The minimum absolute atomic E-state index is 0.331. The van der Waals surface area contributed by atoms with Crippen LogP contribution in [0.25, 0.3) is 11.1 Å². The van der Waals surface area contributed by atoms with Gasteiger partial charge in [0.15, 0.2) is 5.58 Å². The summed E-state index contributed by atoms with van der Waals surface area (Å²) in [5.41, 5.74) is 1.71. The standard InChI is InChI=1S/C15H12N2O4/c1-20-11-7-3-2-5-9(11)14(18)16-10-6-4-8-12-13(10)17-15(19)21-12/h2-8H,1H3,(H,16,18)(H,17,19). The maximum atomic E-state index is 12.3. The Morgan fingerprint density at radius 1 is 1.19 bits per heavy atom. The van der Waals surface area contributed by atoms with Crippen molar-refractivity contribution in [2.75, 3.05) is 12.4 Å². The summed E-state index contributed by atoms with van der Waals surface area (Å²) in [6.07, 6.45) is 0. The molecule has 0 bridgehead atoms. The second-order valence-electron chi connectivity index (χ2n) is 4.35. The van der Waals surface area contributed by atoms with E-state index in [0.717, 1.165) is 0 Å². The van der Waals surface area contributed by atoms with Crippen LogP contribution >= 0.6 is 0 Å². The predicted molar refractivity (Wildman–Crippen MR) is 77.8 cm³/mol. The maximum absolute atomic E-state index is 12.3. The first-order chi connectivity index (χ1) is 10.2. The van der Waals surface area contributed by atoms with Crippen LogP contribution in [0.15, 0.2) is 51.7 Å². The third-order valence-electron chi connectivity index (χ3n) is 3.06. The number of rotatable bonds is 3. The van der Waals surface area contributed by atoms with Crippen molar-refractivity contribution in [3.8, 4) is 5.75 Å². The van der Waals surface area contributed by atoms with Crippen LogP contribution in [0.3, 0.4) is 0 Å². The molecule has 2 N–H and O–H groups in total. The molecule has 0 spiro atoms. The van der Waals surface area contributed by atoms with Crippen molar-refractivity contribution < 1.29 is 13.9 Å². The molecule has 0 radical (unpaired) electrons. The number of nitrogens with one attached hydrogen (secondary N) is 2. The average Bonchev–Trinajstić information content (AvgIpc) is 2.88. The molecule has 0 aliphatic rings. The van der Waals surface area contributed by atoms with Crippen LogP contribution < -0.4 is 15.8 Å². The van der Waals surface area contributed by atoms with Gasteiger partial charge in [0, 0.05) is 0 Å². The molecule has 0 aliphatic heterocycles. The first kappa shape index (κ1) is 13.0. The van der Waals surface area contributed by atoms with E-state index in [4.69, 9.17) is 9.15 Å². The van der Waals surface area contributed by atoms with Gasteiger partial charge in [-0.3, -0.25) is 9.78 Å². The van der Waals surface area contributed by atoms with Gasteiger partial charge in [-0.25, -0.2) is 4.79 Å². The largest absolute Gasteiger partial charge is 0.496 e. The molecular formula is C15H12N2O4. The van der Waals surface area contributed by atoms with Crippen LogP contribution in [0.4, 0.5) is 5.69 Å². The molecule has 1 aromatic heterocycles. The summed E-state index contributed by atoms with van der Waals surface area (Å²) in [7, 11) is 1.50. The van der Waals surface area contributed by atoms with Crippen LogP contribution in [0, 0.1) is 0 Å². The Morgan fingerprint density at radius 2 is 2.00 bits per heavy atom. The van der Waals surface area contributed by atoms with E-state index in [0.29, 0.717) is 28.1 Å². The van der Waals surface area contributed by atoms with Gasteiger partial charge in [0.25, 0.3) is 5.91 Å². The molecule has 6 heteroatoms. The Labute approximate surface area is 119 Å². The van der Waals surface area contributed by atoms with Crippen molar-refractivity contribution in [1.82, 2.24) is 4.98 Å². The molecule has 0 aliphatic carbocycles. The number of aromatic nitrogens is 1. The lowest BCUT2D eigenvalue weighted by atomic mass is 10.2. The van der Waals surface area contributed by atoms with E-state index in [-0.39, 0.29) is 5.91 Å². The Morgan fingerprint density at radius 3 is 2.81 bits per heavy atom. The van der Waals surface area contributed by atoms with Gasteiger partial charge in [-0.1, -0.05) is 18.2 Å². The summed E-state index contributed by atoms with van der Waals surface area (Å²) in [6, 6.07) is 11.9. The number of carbonyl (C=O) groups is 1. The lowest BCUT2D eigenvalue weighted by Gasteiger charge is -2.09. The zero-order valence-electron chi connectivity index (χ0n) is 11.2. The number of para-hydroxylation sites is 2. The zero-order chi connectivity index (χ0) is 14.8. The zero-order valence-corrected chi connectivity index (χ0v) is 11.2. The number of anilines is 1. The summed E-state index contributed by atoms with van der Waals surface area (Å²) in [5, 5.41) is 2.74. The van der Waals surface area contributed by atoms with Crippen LogP contribution in [0.5, 0.6) is 5.75 Å². The summed E-state index contributed by atoms with van der Waals surface area (Å²) >= 11 is 0. The van der Waals surface area contributed by atoms with Crippen molar-refractivity contribution >= 4 is 22.7 Å². The molecule has 21 heavy (non-hydrogen) atoms. The quantitative estimate of drug-likeness (QED) is 0.773. The predicted octanol–water partition coefficient (Wildman–Crippen LogP) is 2.38. The highest BCUT2D eigenvalue weighted by molar-refractivity contribution is 6.09. The molecule has 3 rings (SSSR count). The lowest BCUT2D eigenvalue weighted by Crippen LogP contribution is -2.13. The Bertz CT molecular complexity index is 863. The molecule has 0 fully saturated rings. The summed E-state index contributed by atoms with van der Waals surface area (Å²) in [6.45, 7) is 0. The molecular weight excluding hydrogens is 272 g/mol. The Balaban J connectivity index is 1.98. The Kier molecular flexibility index (Phi) is 3.19. The van der Waals surface area contributed by atoms with Crippen molar-refractivity contribution in [2.24, 2.45) is 0 Å². The second-order valence-corrected chi connectivity index (χ2v) is 4.35. The van der Waals surface area contributed by atoms with Gasteiger partial charge < -0.3 is 14.5 Å². The Hall–Kier alpha value is -3.02. The van der Waals surface area contributed by atoms with E-state index < -0.39 is 5.76 Å². The number of ether oxygens (including phenoxy) is 1. The van der Waals surface area contributed by atoms with Crippen molar-refractivity contribution in [1.29, 1.82) is 0 Å². The van der Waals surface area contributed by atoms with Gasteiger partial charge in [0.2, 0.25) is 0 Å². The van der Waals surface area contributed by atoms with Gasteiger partial charge in [-0.2, -0.15) is 0 Å². The third-order valence-corrected chi connectivity index (χ3v) is 3.06. The molecule has 0 atom stereocenters. The van der Waals surface area contributed by atoms with Crippen LogP contribution in [0.1, 0.15) is 10.4 Å². The van der Waals surface area contributed by atoms with Crippen molar-refractivity contribution in [2.45, 2.75) is 0 Å². The van der Waals surface area contributed by atoms with Crippen molar-refractivity contribution in [3.05, 3.63) is 58.6 Å². The highest BCUT2D eigenvalue weighted by atomic mass is 16.5. The molecule has 1 amide bonds. The van der Waals surface area contributed by atoms with Crippen molar-refractivity contribution in [3.63, 3.8) is 0 Å². The number of fused-ring (bicyclic) bond motifs is 1. The van der Waals surface area contributed by atoms with Gasteiger partial charge in [-0.15, -0.1) is 0 Å². The molecule has 3 aromatic rings. The number of hydrogen-bond donors (Lipinski definition) is 2. The van der Waals surface area contributed by atoms with Gasteiger partial charge >= 0.3 is 5.76 Å². The van der Waals surface area contributed by atoms with Gasteiger partial charge in [0.05, 0.1) is 18.4 Å². The second kappa shape index (κ2) is 5.16. The molecule has 6 nitrogen and oxygen atoms in total. The molecule has 0 unspecified atom stereocenters. The normalized spacial score (nSPS) is 10.5. The molecule has 2 aromatic carbocycles. The first-order valence-electron chi connectivity index (χ1n) is 6.25. The summed E-state index contributed by atoms with van der Waals surface area (Å²) in [4.78, 5) is 26.1.